The van der Waals surface area contributed by atoms with Crippen molar-refractivity contribution in [3.8, 4) is 11.1 Å². The molecule has 178 valence electrons. The Balaban J connectivity index is 1.65. The maximum atomic E-state index is 12.7. The topological polar surface area (TPSA) is 48.0 Å². The molecule has 5 heteroatoms. The third kappa shape index (κ3) is 5.65. The normalized spacial score (nSPS) is 18.8. The van der Waals surface area contributed by atoms with E-state index in [4.69, 9.17) is 14.2 Å². The smallest absolute Gasteiger partial charge is 0.338 e. The van der Waals surface area contributed by atoms with Crippen LogP contribution in [0.5, 0.6) is 0 Å². The van der Waals surface area contributed by atoms with Gasteiger partial charge in [0.1, 0.15) is 0 Å². The van der Waals surface area contributed by atoms with Gasteiger partial charge in [-0.25, -0.2) is 4.79 Å². The van der Waals surface area contributed by atoms with E-state index in [1.54, 1.807) is 0 Å². The number of carbonyl (C=O) groups excluding carboxylic acids is 1. The van der Waals surface area contributed by atoms with E-state index in [1.165, 1.54) is 18.2 Å². The molecule has 2 aliphatic rings. The average Bonchev–Trinajstić information content (AvgIpc) is 2.87. The maximum Gasteiger partial charge on any atom is 0.338 e. The molecule has 0 saturated carbocycles. The first-order valence-corrected chi connectivity index (χ1v) is 12.3. The van der Waals surface area contributed by atoms with Crippen molar-refractivity contribution in [3.05, 3.63) is 58.7 Å². The number of ether oxygens (including phenoxy) is 3. The summed E-state index contributed by atoms with van der Waals surface area (Å²) in [6.07, 6.45) is 4.37. The van der Waals surface area contributed by atoms with Crippen LogP contribution < -0.4 is 0 Å². The molecule has 5 nitrogen and oxygen atoms in total. The SMILES string of the molecule is CCC(c1cc(-c2ccc(CC3CCOCC3)cc2)cc(C(=O)OC)c1C)N1CCOCC1. The fourth-order valence-corrected chi connectivity index (χ4v) is 5.25. The Labute approximate surface area is 198 Å². The van der Waals surface area contributed by atoms with Crippen molar-refractivity contribution in [1.82, 2.24) is 4.90 Å². The highest BCUT2D eigenvalue weighted by Gasteiger charge is 2.25. The van der Waals surface area contributed by atoms with E-state index in [0.717, 1.165) is 81.9 Å². The van der Waals surface area contributed by atoms with Gasteiger partial charge in [0.25, 0.3) is 0 Å². The van der Waals surface area contributed by atoms with Crippen molar-refractivity contribution in [2.24, 2.45) is 5.92 Å². The lowest BCUT2D eigenvalue weighted by molar-refractivity contribution is 0.0151. The molecular formula is C28H37NO4. The van der Waals surface area contributed by atoms with E-state index >= 15 is 0 Å². The summed E-state index contributed by atoms with van der Waals surface area (Å²) in [5.74, 6) is 0.434. The lowest BCUT2D eigenvalue weighted by Crippen LogP contribution is -2.39. The van der Waals surface area contributed by atoms with Crippen LogP contribution in [0, 0.1) is 12.8 Å². The molecule has 1 unspecified atom stereocenters. The second kappa shape index (κ2) is 11.3. The molecule has 2 aliphatic heterocycles. The number of methoxy groups -OCH3 is 1. The number of hydrogen-bond acceptors (Lipinski definition) is 5. The van der Waals surface area contributed by atoms with Crippen LogP contribution in [0.1, 0.15) is 59.3 Å². The molecule has 0 radical (unpaired) electrons. The Morgan fingerprint density at radius 2 is 1.70 bits per heavy atom. The summed E-state index contributed by atoms with van der Waals surface area (Å²) in [6, 6.07) is 13.4. The van der Waals surface area contributed by atoms with E-state index in [2.05, 4.69) is 42.2 Å². The van der Waals surface area contributed by atoms with E-state index < -0.39 is 0 Å². The van der Waals surface area contributed by atoms with E-state index in [0.29, 0.717) is 11.5 Å². The van der Waals surface area contributed by atoms with Crippen molar-refractivity contribution in [2.45, 2.75) is 45.6 Å². The fourth-order valence-electron chi connectivity index (χ4n) is 5.25. The molecule has 1 atom stereocenters. The summed E-state index contributed by atoms with van der Waals surface area (Å²) in [5.41, 5.74) is 6.45. The van der Waals surface area contributed by atoms with Crippen molar-refractivity contribution < 1.29 is 19.0 Å². The molecule has 0 aromatic heterocycles. The van der Waals surface area contributed by atoms with Crippen LogP contribution in [-0.2, 0) is 20.6 Å². The molecule has 2 saturated heterocycles. The largest absolute Gasteiger partial charge is 0.465 e. The molecule has 2 fully saturated rings. The van der Waals surface area contributed by atoms with Gasteiger partial charge in [-0.05, 0) is 78.5 Å². The zero-order valence-electron chi connectivity index (χ0n) is 20.3. The van der Waals surface area contributed by atoms with Crippen molar-refractivity contribution in [1.29, 1.82) is 0 Å². The van der Waals surface area contributed by atoms with Gasteiger partial charge in [-0.15, -0.1) is 0 Å². The summed E-state index contributed by atoms with van der Waals surface area (Å²) in [6.45, 7) is 9.37. The quantitative estimate of drug-likeness (QED) is 0.542. The highest BCUT2D eigenvalue weighted by Crippen LogP contribution is 2.34. The first-order valence-electron chi connectivity index (χ1n) is 12.3. The molecule has 0 amide bonds. The molecule has 33 heavy (non-hydrogen) atoms. The summed E-state index contributed by atoms with van der Waals surface area (Å²) in [7, 11) is 1.46. The fraction of sp³-hybridized carbons (Fsp3) is 0.536. The van der Waals surface area contributed by atoms with E-state index in [9.17, 15) is 4.79 Å². The van der Waals surface area contributed by atoms with Crippen LogP contribution >= 0.6 is 0 Å². The Morgan fingerprint density at radius 3 is 2.33 bits per heavy atom. The Bertz CT molecular complexity index is 928. The van der Waals surface area contributed by atoms with Gasteiger partial charge in [0.15, 0.2) is 0 Å². The lowest BCUT2D eigenvalue weighted by atomic mass is 9.88. The molecule has 0 spiro atoms. The number of esters is 1. The molecule has 0 N–H and O–H groups in total. The second-order valence-corrected chi connectivity index (χ2v) is 9.26. The number of benzene rings is 2. The number of rotatable bonds is 7. The van der Waals surface area contributed by atoms with Gasteiger partial charge in [0.2, 0.25) is 0 Å². The standard InChI is InChI=1S/C28H37NO4/c1-4-27(29-11-15-33-16-12-29)25-18-24(19-26(20(25)2)28(30)31-3)23-7-5-21(6-8-23)17-22-9-13-32-14-10-22/h5-8,18-19,22,27H,4,9-17H2,1-3H3. The zero-order chi connectivity index (χ0) is 23.2. The molecular weight excluding hydrogens is 414 g/mol. The number of carbonyl (C=O) groups is 1. The third-order valence-electron chi connectivity index (χ3n) is 7.24. The summed E-state index contributed by atoms with van der Waals surface area (Å²) >= 11 is 0. The van der Waals surface area contributed by atoms with Gasteiger partial charge < -0.3 is 14.2 Å². The minimum Gasteiger partial charge on any atom is -0.465 e. The molecule has 2 aromatic carbocycles. The minimum atomic E-state index is -0.274. The van der Waals surface area contributed by atoms with Gasteiger partial charge in [0.05, 0.1) is 25.9 Å². The Morgan fingerprint density at radius 1 is 1.03 bits per heavy atom. The van der Waals surface area contributed by atoms with Crippen LogP contribution in [0.25, 0.3) is 11.1 Å². The summed E-state index contributed by atoms with van der Waals surface area (Å²) < 4.78 is 16.2. The predicted octanol–water partition coefficient (Wildman–Crippen LogP) is 5.20. The van der Waals surface area contributed by atoms with Crippen LogP contribution in [-0.4, -0.2) is 57.5 Å². The summed E-state index contributed by atoms with van der Waals surface area (Å²) in [4.78, 5) is 15.1. The molecule has 2 aromatic rings. The van der Waals surface area contributed by atoms with Crippen LogP contribution in [0.15, 0.2) is 36.4 Å². The van der Waals surface area contributed by atoms with Crippen LogP contribution in [0.2, 0.25) is 0 Å². The Kier molecular flexibility index (Phi) is 8.18. The predicted molar refractivity (Wildman–Crippen MR) is 131 cm³/mol. The number of nitrogens with zero attached hydrogens (tertiary/aromatic N) is 1. The molecule has 0 aliphatic carbocycles. The molecule has 4 rings (SSSR count). The van der Waals surface area contributed by atoms with Gasteiger partial charge in [0, 0.05) is 32.3 Å². The third-order valence-corrected chi connectivity index (χ3v) is 7.24. The van der Waals surface area contributed by atoms with Gasteiger partial charge in [-0.1, -0.05) is 31.2 Å². The minimum absolute atomic E-state index is 0.255. The van der Waals surface area contributed by atoms with Gasteiger partial charge in [-0.3, -0.25) is 4.90 Å². The number of hydrogen-bond donors (Lipinski definition) is 0. The van der Waals surface area contributed by atoms with E-state index in [1.807, 2.05) is 13.0 Å². The van der Waals surface area contributed by atoms with E-state index in [-0.39, 0.29) is 12.0 Å². The van der Waals surface area contributed by atoms with Crippen molar-refractivity contribution >= 4 is 5.97 Å². The van der Waals surface area contributed by atoms with Gasteiger partial charge in [-0.2, -0.15) is 0 Å². The maximum absolute atomic E-state index is 12.7. The highest BCUT2D eigenvalue weighted by atomic mass is 16.5. The zero-order valence-corrected chi connectivity index (χ0v) is 20.3. The molecule has 2 heterocycles. The Hall–Kier alpha value is -2.21. The number of morpholine rings is 1. The monoisotopic (exact) mass is 451 g/mol. The molecule has 0 bridgehead atoms. The summed E-state index contributed by atoms with van der Waals surface area (Å²) in [5, 5.41) is 0. The average molecular weight is 452 g/mol. The lowest BCUT2D eigenvalue weighted by Gasteiger charge is -2.35. The van der Waals surface area contributed by atoms with Crippen LogP contribution in [0.4, 0.5) is 0 Å². The van der Waals surface area contributed by atoms with Crippen molar-refractivity contribution in [2.75, 3.05) is 46.6 Å². The van der Waals surface area contributed by atoms with Crippen LogP contribution in [0.3, 0.4) is 0 Å². The first kappa shape index (κ1) is 23.9. The second-order valence-electron chi connectivity index (χ2n) is 9.26. The first-order chi connectivity index (χ1) is 16.1. The van der Waals surface area contributed by atoms with Gasteiger partial charge >= 0.3 is 5.97 Å². The van der Waals surface area contributed by atoms with Crippen molar-refractivity contribution in [3.63, 3.8) is 0 Å². The highest BCUT2D eigenvalue weighted by molar-refractivity contribution is 5.93.